The Hall–Kier alpha value is -1.42. The first-order chi connectivity index (χ1) is 8.70. The highest BCUT2D eigenvalue weighted by Crippen LogP contribution is 2.17. The third kappa shape index (κ3) is 4.03. The lowest BCUT2D eigenvalue weighted by Crippen LogP contribution is -3.00. The molecule has 1 radical (unpaired) electrons. The predicted molar refractivity (Wildman–Crippen MR) is 71.5 cm³/mol. The minimum Gasteiger partial charge on any atom is -1.00 e. The Kier molecular flexibility index (Phi) is 5.96. The number of carbonyl (C=O) groups is 1. The second kappa shape index (κ2) is 7.24. The molecule has 0 aliphatic carbocycles. The summed E-state index contributed by atoms with van der Waals surface area (Å²) in [5, 5.41) is 0. The summed E-state index contributed by atoms with van der Waals surface area (Å²) in [5.74, 6) is 0.110. The van der Waals surface area contributed by atoms with Gasteiger partial charge in [-0.25, -0.2) is 0 Å². The average molecular weight is 322 g/mol. The van der Waals surface area contributed by atoms with Crippen molar-refractivity contribution < 1.29 is 21.8 Å². The lowest BCUT2D eigenvalue weighted by Gasteiger charge is -2.10. The molecule has 3 nitrogen and oxygen atoms in total. The fourth-order valence-electron chi connectivity index (χ4n) is 1.77. The number of hydrogen-bond acceptors (Lipinski definition) is 3. The Morgan fingerprint density at radius 1 is 1.26 bits per heavy atom. The van der Waals surface area contributed by atoms with Crippen LogP contribution in [0.15, 0.2) is 42.7 Å². The van der Waals surface area contributed by atoms with E-state index in [-0.39, 0.29) is 22.8 Å². The lowest BCUT2D eigenvalue weighted by atomic mass is 10.1. The van der Waals surface area contributed by atoms with Crippen LogP contribution >= 0.6 is 0 Å². The van der Waals surface area contributed by atoms with Gasteiger partial charge >= 0.3 is 6.67 Å². The normalized spacial score (nSPS) is 14.8. The van der Waals surface area contributed by atoms with Crippen molar-refractivity contribution in [2.75, 3.05) is 6.54 Å². The van der Waals surface area contributed by atoms with Crippen LogP contribution in [0.1, 0.15) is 30.6 Å². The van der Waals surface area contributed by atoms with Gasteiger partial charge in [-0.2, -0.15) is 0 Å². The third-order valence-electron chi connectivity index (χ3n) is 3.13. The van der Waals surface area contributed by atoms with Crippen LogP contribution in [0.4, 0.5) is 0 Å². The third-order valence-corrected chi connectivity index (χ3v) is 3.13. The molecular formula is C15H18BrN2O. The van der Waals surface area contributed by atoms with Crippen LogP contribution in [0, 0.1) is 6.67 Å². The standard InChI is InChI=1S/C15H18N2O.BrH/c1-3-13(2)17-10-9-16(12-17)11-15(18)14-7-5-4-6-8-14;/h4-10,13H,3,11H2,1-2H3;1H/q+1;/p-1. The fourth-order valence-corrected chi connectivity index (χ4v) is 1.77. The van der Waals surface area contributed by atoms with Crippen LogP contribution in [0.25, 0.3) is 0 Å². The Bertz CT molecular complexity index is 433. The molecule has 0 saturated carbocycles. The van der Waals surface area contributed by atoms with E-state index in [0.717, 1.165) is 12.0 Å². The monoisotopic (exact) mass is 321 g/mol. The van der Waals surface area contributed by atoms with Crippen molar-refractivity contribution in [3.8, 4) is 0 Å². The van der Waals surface area contributed by atoms with Gasteiger partial charge in [0.05, 0.1) is 18.4 Å². The molecule has 0 amide bonds. The van der Waals surface area contributed by atoms with Gasteiger partial charge in [0.15, 0.2) is 5.78 Å². The van der Waals surface area contributed by atoms with Gasteiger partial charge in [0.1, 0.15) is 6.54 Å². The van der Waals surface area contributed by atoms with Crippen LogP contribution in [-0.2, 0) is 0 Å². The molecule has 0 bridgehead atoms. The molecule has 0 fully saturated rings. The molecule has 0 aromatic heterocycles. The summed E-state index contributed by atoms with van der Waals surface area (Å²) in [4.78, 5) is 15.8. The van der Waals surface area contributed by atoms with Crippen LogP contribution in [0.5, 0.6) is 0 Å². The van der Waals surface area contributed by atoms with Crippen molar-refractivity contribution in [1.29, 1.82) is 0 Å². The summed E-state index contributed by atoms with van der Waals surface area (Å²) in [7, 11) is 0. The summed E-state index contributed by atoms with van der Waals surface area (Å²) in [5.41, 5.74) is 0.745. The molecule has 1 aliphatic rings. The maximum absolute atomic E-state index is 12.0. The van der Waals surface area contributed by atoms with Crippen molar-refractivity contribution in [3.05, 3.63) is 55.0 Å². The Morgan fingerprint density at radius 2 is 1.95 bits per heavy atom. The molecule has 0 N–H and O–H groups in total. The van der Waals surface area contributed by atoms with Crippen molar-refractivity contribution in [2.45, 2.75) is 26.3 Å². The van der Waals surface area contributed by atoms with E-state index in [1.54, 1.807) is 0 Å². The molecule has 1 aromatic rings. The quantitative estimate of drug-likeness (QED) is 0.552. The van der Waals surface area contributed by atoms with Crippen molar-refractivity contribution in [3.63, 3.8) is 0 Å². The molecule has 1 aromatic carbocycles. The lowest BCUT2D eigenvalue weighted by molar-refractivity contribution is -0.0000117. The average Bonchev–Trinajstić information content (AvgIpc) is 2.87. The maximum Gasteiger partial charge on any atom is 0.565 e. The summed E-state index contributed by atoms with van der Waals surface area (Å²) in [6.07, 6.45) is 4.91. The van der Waals surface area contributed by atoms with Crippen molar-refractivity contribution in [2.24, 2.45) is 0 Å². The second-order valence-electron chi connectivity index (χ2n) is 4.48. The summed E-state index contributed by atoms with van der Waals surface area (Å²) in [6.45, 7) is 7.79. The van der Waals surface area contributed by atoms with Crippen molar-refractivity contribution in [1.82, 2.24) is 9.80 Å². The van der Waals surface area contributed by atoms with Gasteiger partial charge in [-0.1, -0.05) is 37.3 Å². The van der Waals surface area contributed by atoms with E-state index in [2.05, 4.69) is 20.5 Å². The van der Waals surface area contributed by atoms with Gasteiger partial charge < -0.3 is 17.0 Å². The molecule has 4 heteroatoms. The summed E-state index contributed by atoms with van der Waals surface area (Å²) >= 11 is 0. The van der Waals surface area contributed by atoms with Gasteiger partial charge in [-0.15, -0.1) is 9.80 Å². The van der Waals surface area contributed by atoms with Gasteiger partial charge in [0, 0.05) is 5.56 Å². The summed E-state index contributed by atoms with van der Waals surface area (Å²) < 4.78 is 0. The van der Waals surface area contributed by atoms with Crippen LogP contribution in [0.2, 0.25) is 0 Å². The SMILES string of the molecule is CCC(C)N1[C+]N(CC(=O)c2ccccc2)C=C1.[Br-]. The topological polar surface area (TPSA) is 23.6 Å². The first-order valence-electron chi connectivity index (χ1n) is 6.28. The molecule has 1 unspecified atom stereocenters. The van der Waals surface area contributed by atoms with Gasteiger partial charge in [0.2, 0.25) is 0 Å². The number of hydrogen-bond donors (Lipinski definition) is 0. The van der Waals surface area contributed by atoms with Crippen LogP contribution in [-0.4, -0.2) is 28.2 Å². The van der Waals surface area contributed by atoms with Crippen molar-refractivity contribution >= 4 is 5.78 Å². The number of Topliss-reactive ketones (excluding diaryl/α,β-unsaturated/α-hetero) is 1. The molecule has 0 saturated heterocycles. The first kappa shape index (κ1) is 15.6. The highest BCUT2D eigenvalue weighted by molar-refractivity contribution is 5.97. The molecule has 2 rings (SSSR count). The van der Waals surface area contributed by atoms with E-state index >= 15 is 0 Å². The second-order valence-corrected chi connectivity index (χ2v) is 4.48. The number of nitrogens with zero attached hydrogens (tertiary/aromatic N) is 2. The smallest absolute Gasteiger partial charge is 0.565 e. The van der Waals surface area contributed by atoms with E-state index in [1.807, 2.05) is 52.5 Å². The van der Waals surface area contributed by atoms with Gasteiger partial charge in [0.25, 0.3) is 0 Å². The number of carbonyl (C=O) groups excluding carboxylic acids is 1. The van der Waals surface area contributed by atoms with E-state index in [0.29, 0.717) is 12.6 Å². The number of halogens is 1. The molecule has 0 spiro atoms. The Balaban J connectivity index is 0.00000180. The van der Waals surface area contributed by atoms with E-state index < -0.39 is 0 Å². The number of rotatable bonds is 5. The molecular weight excluding hydrogens is 304 g/mol. The molecule has 101 valence electrons. The highest BCUT2D eigenvalue weighted by atomic mass is 79.9. The number of ketones is 1. The zero-order valence-electron chi connectivity index (χ0n) is 11.2. The van der Waals surface area contributed by atoms with Gasteiger partial charge in [-0.05, 0) is 13.3 Å². The van der Waals surface area contributed by atoms with Crippen LogP contribution in [0.3, 0.4) is 0 Å². The Labute approximate surface area is 125 Å². The van der Waals surface area contributed by atoms with E-state index in [4.69, 9.17) is 0 Å². The van der Waals surface area contributed by atoms with Gasteiger partial charge in [-0.3, -0.25) is 4.79 Å². The molecule has 1 aliphatic heterocycles. The first-order valence-corrected chi connectivity index (χ1v) is 6.28. The fraction of sp³-hybridized carbons (Fsp3) is 0.333. The molecule has 19 heavy (non-hydrogen) atoms. The summed E-state index contributed by atoms with van der Waals surface area (Å²) in [6, 6.07) is 9.77. The van der Waals surface area contributed by atoms with E-state index in [1.165, 1.54) is 0 Å². The largest absolute Gasteiger partial charge is 1.00 e. The Morgan fingerprint density at radius 3 is 2.58 bits per heavy atom. The minimum atomic E-state index is 0. The maximum atomic E-state index is 12.0. The zero-order chi connectivity index (χ0) is 13.0. The minimum absolute atomic E-state index is 0. The number of benzene rings is 1. The van der Waals surface area contributed by atoms with E-state index in [9.17, 15) is 4.79 Å². The predicted octanol–water partition coefficient (Wildman–Crippen LogP) is -0.243. The van der Waals surface area contributed by atoms with Crippen LogP contribution < -0.4 is 17.0 Å². The molecule has 1 heterocycles. The zero-order valence-corrected chi connectivity index (χ0v) is 12.8. The highest BCUT2D eigenvalue weighted by Gasteiger charge is 2.35. The molecule has 1 atom stereocenters.